The topological polar surface area (TPSA) is 97.7 Å². The molecule has 32 heavy (non-hydrogen) atoms. The molecule has 1 saturated carbocycles. The van der Waals surface area contributed by atoms with Crippen LogP contribution in [-0.4, -0.2) is 41.2 Å². The number of halogens is 6. The predicted molar refractivity (Wildman–Crippen MR) is 92.6 cm³/mol. The molecule has 3 atom stereocenters. The number of hydrogen-bond donors (Lipinski definition) is 1. The Balaban J connectivity index is 2.25. The van der Waals surface area contributed by atoms with Gasteiger partial charge in [0.05, 0.1) is 17.4 Å². The van der Waals surface area contributed by atoms with Crippen molar-refractivity contribution < 1.29 is 55.4 Å². The fraction of sp³-hybridized carbons (Fsp3) is 0.500. The number of hydrogen-bond acceptors (Lipinski definition) is 5. The molecule has 1 aromatic rings. The molecule has 1 aliphatic carbocycles. The number of aromatic carboxylic acids is 1. The van der Waals surface area contributed by atoms with E-state index in [-0.39, 0.29) is 0 Å². The Kier molecular flexibility index (Phi) is 5.63. The van der Waals surface area contributed by atoms with Gasteiger partial charge >= 0.3 is 30.3 Å². The van der Waals surface area contributed by atoms with Crippen molar-refractivity contribution >= 4 is 23.7 Å². The number of Topliss-reactive ketones (excluding diaryl/α,β-unsaturated/α-hetero) is 1. The van der Waals surface area contributed by atoms with Gasteiger partial charge in [-0.05, 0) is 49.8 Å². The van der Waals surface area contributed by atoms with Gasteiger partial charge in [0, 0.05) is 5.56 Å². The summed E-state index contributed by atoms with van der Waals surface area (Å²) in [5, 5.41) is 9.15. The number of carboxylic acids is 1. The minimum Gasteiger partial charge on any atom is -0.478 e. The molecule has 2 aliphatic rings. The zero-order valence-electron chi connectivity index (χ0n) is 16.3. The third-order valence-electron chi connectivity index (χ3n) is 6.25. The minimum atomic E-state index is -5.92. The number of ether oxygens (including phenoxy) is 1. The van der Waals surface area contributed by atoms with Gasteiger partial charge in [-0.1, -0.05) is 6.07 Å². The summed E-state index contributed by atoms with van der Waals surface area (Å²) in [5.74, 6) is -9.65. The van der Waals surface area contributed by atoms with Crippen molar-refractivity contribution in [2.45, 2.75) is 44.0 Å². The molecule has 0 aromatic heterocycles. The number of benzene rings is 1. The standard InChI is InChI=1S/C20H16F6O6/c1-8(27)13-6-9(2-4-11(13)15(28)29)18(19(21,22)23,20(24,25)26)10-3-5-12-14(7-10)17(31)32-16(12)30/h2,4,6,10,12,14H,3,5,7H2,1H3,(H,28,29). The van der Waals surface area contributed by atoms with Crippen LogP contribution in [0.4, 0.5) is 26.3 Å². The van der Waals surface area contributed by atoms with Crippen molar-refractivity contribution in [1.82, 2.24) is 0 Å². The van der Waals surface area contributed by atoms with Gasteiger partial charge in [-0.25, -0.2) is 4.79 Å². The number of cyclic esters (lactones) is 2. The molecule has 1 N–H and O–H groups in total. The molecular weight excluding hydrogens is 450 g/mol. The lowest BCUT2D eigenvalue weighted by Crippen LogP contribution is -2.60. The highest BCUT2D eigenvalue weighted by atomic mass is 19.4. The van der Waals surface area contributed by atoms with E-state index in [1.54, 1.807) is 0 Å². The molecule has 0 spiro atoms. The van der Waals surface area contributed by atoms with Crippen LogP contribution in [0, 0.1) is 17.8 Å². The molecule has 174 valence electrons. The fourth-order valence-electron chi connectivity index (χ4n) is 4.81. The Morgan fingerprint density at radius 1 is 0.938 bits per heavy atom. The van der Waals surface area contributed by atoms with Gasteiger partial charge in [-0.15, -0.1) is 0 Å². The molecule has 2 fully saturated rings. The third kappa shape index (κ3) is 3.45. The van der Waals surface area contributed by atoms with Gasteiger partial charge in [0.1, 0.15) is 0 Å². The van der Waals surface area contributed by atoms with Crippen molar-refractivity contribution in [1.29, 1.82) is 0 Å². The molecule has 3 unspecified atom stereocenters. The van der Waals surface area contributed by atoms with E-state index in [1.165, 1.54) is 0 Å². The van der Waals surface area contributed by atoms with Crippen molar-refractivity contribution in [3.8, 4) is 0 Å². The van der Waals surface area contributed by atoms with Gasteiger partial charge in [0.25, 0.3) is 0 Å². The second-order valence-electron chi connectivity index (χ2n) is 7.89. The average Bonchev–Trinajstić information content (AvgIpc) is 2.93. The van der Waals surface area contributed by atoms with Crippen molar-refractivity contribution in [2.24, 2.45) is 17.8 Å². The number of fused-ring (bicyclic) bond motifs is 1. The first-order valence-corrected chi connectivity index (χ1v) is 9.40. The molecule has 6 nitrogen and oxygen atoms in total. The molecule has 1 aliphatic heterocycles. The van der Waals surface area contributed by atoms with Gasteiger partial charge in [-0.2, -0.15) is 26.3 Å². The van der Waals surface area contributed by atoms with Crippen LogP contribution in [0.1, 0.15) is 52.5 Å². The highest BCUT2D eigenvalue weighted by molar-refractivity contribution is 6.05. The van der Waals surface area contributed by atoms with Crippen LogP contribution in [-0.2, 0) is 19.7 Å². The van der Waals surface area contributed by atoms with E-state index < -0.39 is 95.2 Å². The maximum atomic E-state index is 14.3. The molecule has 1 saturated heterocycles. The number of carboxylic acid groups (broad SMARTS) is 1. The van der Waals surface area contributed by atoms with Gasteiger partial charge in [0.2, 0.25) is 0 Å². The second-order valence-corrected chi connectivity index (χ2v) is 7.89. The van der Waals surface area contributed by atoms with Crippen LogP contribution in [0.2, 0.25) is 0 Å². The van der Waals surface area contributed by atoms with Crippen molar-refractivity contribution in [3.05, 3.63) is 34.9 Å². The SMILES string of the molecule is CC(=O)c1cc(C(C2CCC3C(=O)OC(=O)C3C2)(C(F)(F)F)C(F)(F)F)ccc1C(=O)O. The van der Waals surface area contributed by atoms with E-state index in [1.807, 2.05) is 0 Å². The summed E-state index contributed by atoms with van der Waals surface area (Å²) in [6.45, 7) is 0.819. The number of carbonyl (C=O) groups is 4. The lowest BCUT2D eigenvalue weighted by Gasteiger charge is -2.46. The smallest absolute Gasteiger partial charge is 0.407 e. The van der Waals surface area contributed by atoms with Crippen LogP contribution in [0.3, 0.4) is 0 Å². The zero-order chi connectivity index (χ0) is 24.2. The van der Waals surface area contributed by atoms with Gasteiger partial charge < -0.3 is 9.84 Å². The highest BCUT2D eigenvalue weighted by Gasteiger charge is 2.75. The Labute approximate surface area is 176 Å². The first kappa shape index (κ1) is 23.7. The first-order valence-electron chi connectivity index (χ1n) is 9.40. The minimum absolute atomic E-state index is 0.303. The number of ketones is 1. The zero-order valence-corrected chi connectivity index (χ0v) is 16.3. The van der Waals surface area contributed by atoms with Gasteiger partial charge in [-0.3, -0.25) is 14.4 Å². The quantitative estimate of drug-likeness (QED) is 0.311. The summed E-state index contributed by atoms with van der Waals surface area (Å²) >= 11 is 0. The molecule has 12 heteroatoms. The Bertz CT molecular complexity index is 981. The van der Waals surface area contributed by atoms with Crippen LogP contribution < -0.4 is 0 Å². The molecule has 0 amide bonds. The summed E-state index contributed by atoms with van der Waals surface area (Å²) in [4.78, 5) is 46.7. The first-order chi connectivity index (χ1) is 14.6. The van der Waals surface area contributed by atoms with Crippen LogP contribution in [0.15, 0.2) is 18.2 Å². The van der Waals surface area contributed by atoms with Crippen molar-refractivity contribution in [3.63, 3.8) is 0 Å². The number of alkyl halides is 6. The Hall–Kier alpha value is -2.92. The number of rotatable bonds is 4. The summed E-state index contributed by atoms with van der Waals surface area (Å²) < 4.78 is 90.5. The van der Waals surface area contributed by atoms with E-state index in [2.05, 4.69) is 4.74 Å². The van der Waals surface area contributed by atoms with E-state index in [4.69, 9.17) is 5.11 Å². The highest BCUT2D eigenvalue weighted by Crippen LogP contribution is 2.61. The summed E-state index contributed by atoms with van der Waals surface area (Å²) in [6.07, 6.45) is -13.9. The Morgan fingerprint density at radius 3 is 2.00 bits per heavy atom. The maximum absolute atomic E-state index is 14.3. The van der Waals surface area contributed by atoms with Gasteiger partial charge in [0.15, 0.2) is 11.2 Å². The van der Waals surface area contributed by atoms with E-state index in [9.17, 15) is 45.5 Å². The van der Waals surface area contributed by atoms with Crippen LogP contribution >= 0.6 is 0 Å². The molecule has 0 bridgehead atoms. The maximum Gasteiger partial charge on any atom is 0.407 e. The van der Waals surface area contributed by atoms with E-state index in [0.29, 0.717) is 18.2 Å². The molecule has 1 heterocycles. The van der Waals surface area contributed by atoms with Crippen molar-refractivity contribution in [2.75, 3.05) is 0 Å². The summed E-state index contributed by atoms with van der Waals surface area (Å²) in [6, 6.07) is 1.22. The average molecular weight is 466 g/mol. The van der Waals surface area contributed by atoms with E-state index in [0.717, 1.165) is 6.92 Å². The summed E-state index contributed by atoms with van der Waals surface area (Å²) in [5.41, 5.74) is -7.41. The third-order valence-corrected chi connectivity index (χ3v) is 6.25. The predicted octanol–water partition coefficient (Wildman–Crippen LogP) is 4.07. The molecule has 3 rings (SSSR count). The molecule has 1 aromatic carbocycles. The number of carbonyl (C=O) groups excluding carboxylic acids is 3. The lowest BCUT2D eigenvalue weighted by molar-refractivity contribution is -0.322. The normalized spacial score (nSPS) is 24.2. The summed E-state index contributed by atoms with van der Waals surface area (Å²) in [7, 11) is 0. The second kappa shape index (κ2) is 7.59. The van der Waals surface area contributed by atoms with Crippen LogP contribution in [0.25, 0.3) is 0 Å². The molecule has 0 radical (unpaired) electrons. The largest absolute Gasteiger partial charge is 0.478 e. The fourth-order valence-corrected chi connectivity index (χ4v) is 4.81. The molecular formula is C20H16F6O6. The lowest BCUT2D eigenvalue weighted by atomic mass is 9.60. The monoisotopic (exact) mass is 466 g/mol. The van der Waals surface area contributed by atoms with Crippen LogP contribution in [0.5, 0.6) is 0 Å². The van der Waals surface area contributed by atoms with E-state index >= 15 is 0 Å². The number of esters is 2. The Morgan fingerprint density at radius 2 is 1.50 bits per heavy atom.